The summed E-state index contributed by atoms with van der Waals surface area (Å²) < 4.78 is 10.4. The number of aliphatic hydroxyl groups is 1. The van der Waals surface area contributed by atoms with Gasteiger partial charge in [0, 0.05) is 11.1 Å². The molecule has 0 bridgehead atoms. The molecule has 17 heavy (non-hydrogen) atoms. The molecule has 0 aromatic heterocycles. The third-order valence-corrected chi connectivity index (χ3v) is 3.28. The summed E-state index contributed by atoms with van der Waals surface area (Å²) in [5, 5.41) is 13.6. The Morgan fingerprint density at radius 3 is 2.82 bits per heavy atom. The third kappa shape index (κ3) is 2.65. The van der Waals surface area contributed by atoms with Crippen LogP contribution in [-0.2, 0) is 4.74 Å². The summed E-state index contributed by atoms with van der Waals surface area (Å²) in [5.41, 5.74) is 1.78. The highest BCUT2D eigenvalue weighted by atomic mass is 35.5. The van der Waals surface area contributed by atoms with Gasteiger partial charge in [0.15, 0.2) is 0 Å². The van der Waals surface area contributed by atoms with E-state index in [1.54, 1.807) is 13.2 Å². The summed E-state index contributed by atoms with van der Waals surface area (Å²) in [6.07, 6.45) is -0.490. The lowest BCUT2D eigenvalue weighted by Gasteiger charge is -2.19. The Bertz CT molecular complexity index is 411. The molecule has 1 aromatic carbocycles. The number of aryl methyl sites for hydroxylation is 1. The number of anilines is 1. The van der Waals surface area contributed by atoms with Crippen LogP contribution in [0.1, 0.15) is 5.56 Å². The maximum atomic E-state index is 9.68. The Morgan fingerprint density at radius 2 is 2.24 bits per heavy atom. The second kappa shape index (κ2) is 5.12. The van der Waals surface area contributed by atoms with Crippen LogP contribution in [0.5, 0.6) is 5.75 Å². The molecule has 0 aliphatic carbocycles. The molecule has 0 amide bonds. The van der Waals surface area contributed by atoms with Crippen LogP contribution < -0.4 is 10.1 Å². The van der Waals surface area contributed by atoms with Gasteiger partial charge in [-0.1, -0.05) is 11.6 Å². The minimum Gasteiger partial charge on any atom is -0.495 e. The number of benzene rings is 1. The highest BCUT2D eigenvalue weighted by Crippen LogP contribution is 2.32. The predicted octanol–water partition coefficient (Wildman–Crippen LogP) is 1.83. The molecule has 1 aliphatic rings. The average molecular weight is 258 g/mol. The maximum absolute atomic E-state index is 9.68. The lowest BCUT2D eigenvalue weighted by molar-refractivity contribution is 0.125. The quantitative estimate of drug-likeness (QED) is 0.868. The van der Waals surface area contributed by atoms with Gasteiger partial charge in [-0.25, -0.2) is 0 Å². The number of nitrogens with one attached hydrogen (secondary N) is 1. The van der Waals surface area contributed by atoms with Crippen molar-refractivity contribution in [3.8, 4) is 5.75 Å². The number of rotatable bonds is 3. The number of methoxy groups -OCH3 is 1. The van der Waals surface area contributed by atoms with Gasteiger partial charge < -0.3 is 19.9 Å². The monoisotopic (exact) mass is 257 g/mol. The Balaban J connectivity index is 2.22. The zero-order valence-corrected chi connectivity index (χ0v) is 10.6. The van der Waals surface area contributed by atoms with Crippen molar-refractivity contribution in [3.05, 3.63) is 22.7 Å². The predicted molar refractivity (Wildman–Crippen MR) is 67.0 cm³/mol. The van der Waals surface area contributed by atoms with E-state index in [9.17, 15) is 5.11 Å². The number of aliphatic hydroxyl groups excluding tert-OH is 1. The van der Waals surface area contributed by atoms with E-state index in [4.69, 9.17) is 21.1 Å². The van der Waals surface area contributed by atoms with E-state index >= 15 is 0 Å². The third-order valence-electron chi connectivity index (χ3n) is 2.87. The number of hydrogen-bond donors (Lipinski definition) is 2. The first kappa shape index (κ1) is 12.5. The van der Waals surface area contributed by atoms with Gasteiger partial charge in [-0.2, -0.15) is 0 Å². The van der Waals surface area contributed by atoms with Crippen LogP contribution in [-0.4, -0.2) is 37.6 Å². The molecule has 1 aromatic rings. The smallest absolute Gasteiger partial charge is 0.143 e. The van der Waals surface area contributed by atoms with Crippen LogP contribution in [0, 0.1) is 6.92 Å². The molecule has 2 unspecified atom stereocenters. The Hall–Kier alpha value is -0.970. The van der Waals surface area contributed by atoms with Gasteiger partial charge in [-0.05, 0) is 18.6 Å². The van der Waals surface area contributed by atoms with Crippen LogP contribution in [0.15, 0.2) is 12.1 Å². The van der Waals surface area contributed by atoms with Crippen molar-refractivity contribution in [1.29, 1.82) is 0 Å². The van der Waals surface area contributed by atoms with Gasteiger partial charge in [0.05, 0.1) is 38.2 Å². The molecule has 1 aliphatic heterocycles. The van der Waals surface area contributed by atoms with E-state index in [0.29, 0.717) is 24.0 Å². The zero-order chi connectivity index (χ0) is 12.4. The standard InChI is InChI=1S/C12H16ClNO3/c1-7-3-9(12(16-2)4-8(7)13)14-10-5-17-6-11(10)15/h3-4,10-11,14-15H,5-6H2,1-2H3. The minimum absolute atomic E-state index is 0.107. The lowest BCUT2D eigenvalue weighted by atomic mass is 10.1. The van der Waals surface area contributed by atoms with Crippen molar-refractivity contribution >= 4 is 17.3 Å². The van der Waals surface area contributed by atoms with Gasteiger partial charge in [-0.3, -0.25) is 0 Å². The van der Waals surface area contributed by atoms with E-state index in [0.717, 1.165) is 11.3 Å². The van der Waals surface area contributed by atoms with Crippen LogP contribution in [0.25, 0.3) is 0 Å². The van der Waals surface area contributed by atoms with Crippen molar-refractivity contribution in [2.24, 2.45) is 0 Å². The Labute approximate surface area is 105 Å². The fourth-order valence-electron chi connectivity index (χ4n) is 1.83. The molecule has 94 valence electrons. The molecule has 4 nitrogen and oxygen atoms in total. The fraction of sp³-hybridized carbons (Fsp3) is 0.500. The largest absolute Gasteiger partial charge is 0.495 e. The fourth-order valence-corrected chi connectivity index (χ4v) is 1.98. The van der Waals surface area contributed by atoms with Crippen LogP contribution >= 0.6 is 11.6 Å². The van der Waals surface area contributed by atoms with E-state index in [1.165, 1.54) is 0 Å². The van der Waals surface area contributed by atoms with Crippen molar-refractivity contribution in [3.63, 3.8) is 0 Å². The summed E-state index contributed by atoms with van der Waals surface area (Å²) in [6.45, 7) is 2.78. The number of halogens is 1. The lowest BCUT2D eigenvalue weighted by Crippen LogP contribution is -2.31. The van der Waals surface area contributed by atoms with Crippen LogP contribution in [0.4, 0.5) is 5.69 Å². The van der Waals surface area contributed by atoms with Crippen LogP contribution in [0.3, 0.4) is 0 Å². The number of hydrogen-bond acceptors (Lipinski definition) is 4. The zero-order valence-electron chi connectivity index (χ0n) is 9.87. The second-order valence-corrected chi connectivity index (χ2v) is 4.56. The van der Waals surface area contributed by atoms with Gasteiger partial charge in [-0.15, -0.1) is 0 Å². The number of ether oxygens (including phenoxy) is 2. The first-order valence-electron chi connectivity index (χ1n) is 5.48. The molecule has 2 N–H and O–H groups in total. The SMILES string of the molecule is COc1cc(Cl)c(C)cc1NC1COCC1O. The molecule has 0 spiro atoms. The van der Waals surface area contributed by atoms with Crippen molar-refractivity contribution < 1.29 is 14.6 Å². The molecule has 0 radical (unpaired) electrons. The molecular weight excluding hydrogens is 242 g/mol. The molecule has 0 saturated carbocycles. The van der Waals surface area contributed by atoms with E-state index in [2.05, 4.69) is 5.32 Å². The normalized spacial score (nSPS) is 23.8. The summed E-state index contributed by atoms with van der Waals surface area (Å²) in [6, 6.07) is 3.57. The second-order valence-electron chi connectivity index (χ2n) is 4.16. The molecule has 1 saturated heterocycles. The van der Waals surface area contributed by atoms with Gasteiger partial charge >= 0.3 is 0 Å². The molecule has 2 rings (SSSR count). The molecule has 1 fully saturated rings. The van der Waals surface area contributed by atoms with Crippen molar-refractivity contribution in [2.75, 3.05) is 25.6 Å². The molecule has 5 heteroatoms. The van der Waals surface area contributed by atoms with Gasteiger partial charge in [0.1, 0.15) is 5.75 Å². The molecular formula is C12H16ClNO3. The highest BCUT2D eigenvalue weighted by molar-refractivity contribution is 6.31. The summed E-state index contributed by atoms with van der Waals surface area (Å²) in [7, 11) is 1.59. The average Bonchev–Trinajstić information content (AvgIpc) is 2.69. The van der Waals surface area contributed by atoms with Crippen LogP contribution in [0.2, 0.25) is 5.02 Å². The highest BCUT2D eigenvalue weighted by Gasteiger charge is 2.26. The Kier molecular flexibility index (Phi) is 3.76. The molecule has 2 atom stereocenters. The first-order chi connectivity index (χ1) is 8.11. The van der Waals surface area contributed by atoms with E-state index in [1.807, 2.05) is 13.0 Å². The topological polar surface area (TPSA) is 50.7 Å². The summed E-state index contributed by atoms with van der Waals surface area (Å²) >= 11 is 6.03. The minimum atomic E-state index is -0.490. The summed E-state index contributed by atoms with van der Waals surface area (Å²) in [5.74, 6) is 0.666. The first-order valence-corrected chi connectivity index (χ1v) is 5.86. The van der Waals surface area contributed by atoms with Gasteiger partial charge in [0.2, 0.25) is 0 Å². The van der Waals surface area contributed by atoms with Crippen molar-refractivity contribution in [2.45, 2.75) is 19.1 Å². The van der Waals surface area contributed by atoms with E-state index in [-0.39, 0.29) is 6.04 Å². The Morgan fingerprint density at radius 1 is 1.47 bits per heavy atom. The maximum Gasteiger partial charge on any atom is 0.143 e. The van der Waals surface area contributed by atoms with E-state index < -0.39 is 6.10 Å². The van der Waals surface area contributed by atoms with Crippen molar-refractivity contribution in [1.82, 2.24) is 0 Å². The summed E-state index contributed by atoms with van der Waals surface area (Å²) in [4.78, 5) is 0. The molecule has 1 heterocycles. The van der Waals surface area contributed by atoms with Gasteiger partial charge in [0.25, 0.3) is 0 Å².